The van der Waals surface area contributed by atoms with E-state index in [0.29, 0.717) is 13.1 Å². The Bertz CT molecular complexity index is 410. The van der Waals surface area contributed by atoms with Crippen molar-refractivity contribution in [2.24, 2.45) is 0 Å². The molecule has 1 amide bonds. The first kappa shape index (κ1) is 13.8. The number of rotatable bonds is 4. The van der Waals surface area contributed by atoms with Gasteiger partial charge in [-0.25, -0.2) is 4.79 Å². The van der Waals surface area contributed by atoms with Crippen molar-refractivity contribution in [2.75, 3.05) is 20.2 Å². The topological polar surface area (TPSA) is 61.8 Å². The van der Waals surface area contributed by atoms with E-state index in [1.807, 2.05) is 30.3 Å². The van der Waals surface area contributed by atoms with Crippen LogP contribution in [0, 0.1) is 0 Å². The lowest BCUT2D eigenvalue weighted by Crippen LogP contribution is -2.54. The molecule has 1 aromatic carbocycles. The van der Waals surface area contributed by atoms with E-state index in [1.54, 1.807) is 7.11 Å². The van der Waals surface area contributed by atoms with Gasteiger partial charge in [-0.05, 0) is 18.5 Å². The summed E-state index contributed by atoms with van der Waals surface area (Å²) in [6.45, 7) is 1.92. The van der Waals surface area contributed by atoms with Gasteiger partial charge >= 0.3 is 6.09 Å². The smallest absolute Gasteiger partial charge is 0.407 e. The highest BCUT2D eigenvalue weighted by molar-refractivity contribution is 5.65. The highest BCUT2D eigenvalue weighted by Gasteiger charge is 2.32. The summed E-state index contributed by atoms with van der Waals surface area (Å²) < 4.78 is 5.41. The minimum atomic E-state index is -0.891. The first-order valence-electron chi connectivity index (χ1n) is 6.49. The molecule has 0 radical (unpaired) electrons. The maximum absolute atomic E-state index is 11.5. The van der Waals surface area contributed by atoms with Crippen LogP contribution in [0.1, 0.15) is 12.0 Å². The highest BCUT2D eigenvalue weighted by Crippen LogP contribution is 2.18. The second-order valence-electron chi connectivity index (χ2n) is 4.73. The van der Waals surface area contributed by atoms with Gasteiger partial charge in [-0.15, -0.1) is 0 Å². The minimum Gasteiger partial charge on any atom is -0.465 e. The predicted octanol–water partition coefficient (Wildman–Crippen LogP) is 1.54. The Labute approximate surface area is 113 Å². The second kappa shape index (κ2) is 6.54. The summed E-state index contributed by atoms with van der Waals surface area (Å²) >= 11 is 0. The van der Waals surface area contributed by atoms with Gasteiger partial charge in [0.25, 0.3) is 0 Å². The SMILES string of the molecule is CO[C@H]1CNCC[C@H]1N(Cc1ccccc1)C(=O)O. The summed E-state index contributed by atoms with van der Waals surface area (Å²) in [5, 5.41) is 12.7. The molecule has 104 valence electrons. The van der Waals surface area contributed by atoms with E-state index in [0.717, 1.165) is 18.5 Å². The summed E-state index contributed by atoms with van der Waals surface area (Å²) in [6.07, 6.45) is -0.205. The van der Waals surface area contributed by atoms with Gasteiger partial charge in [0.1, 0.15) is 0 Å². The van der Waals surface area contributed by atoms with Crippen LogP contribution >= 0.6 is 0 Å². The van der Waals surface area contributed by atoms with Crippen LogP contribution in [-0.4, -0.2) is 48.4 Å². The van der Waals surface area contributed by atoms with Crippen molar-refractivity contribution in [1.29, 1.82) is 0 Å². The maximum atomic E-state index is 11.5. The second-order valence-corrected chi connectivity index (χ2v) is 4.73. The number of hydrogen-bond acceptors (Lipinski definition) is 3. The Balaban J connectivity index is 2.12. The molecule has 19 heavy (non-hydrogen) atoms. The molecule has 5 heteroatoms. The number of nitrogens with zero attached hydrogens (tertiary/aromatic N) is 1. The normalized spacial score (nSPS) is 23.0. The van der Waals surface area contributed by atoms with E-state index in [-0.39, 0.29) is 12.1 Å². The molecule has 1 heterocycles. The first-order chi connectivity index (χ1) is 9.22. The van der Waals surface area contributed by atoms with Gasteiger partial charge in [-0.1, -0.05) is 30.3 Å². The fraction of sp³-hybridized carbons (Fsp3) is 0.500. The Morgan fingerprint density at radius 1 is 1.47 bits per heavy atom. The molecule has 2 atom stereocenters. The van der Waals surface area contributed by atoms with Crippen LogP contribution in [0.15, 0.2) is 30.3 Å². The summed E-state index contributed by atoms with van der Waals surface area (Å²) in [6, 6.07) is 9.57. The monoisotopic (exact) mass is 264 g/mol. The molecular formula is C14H20N2O3. The number of methoxy groups -OCH3 is 1. The molecule has 0 unspecified atom stereocenters. The summed E-state index contributed by atoms with van der Waals surface area (Å²) in [7, 11) is 1.63. The van der Waals surface area contributed by atoms with Crippen molar-refractivity contribution in [2.45, 2.75) is 25.1 Å². The Morgan fingerprint density at radius 3 is 2.84 bits per heavy atom. The standard InChI is InChI=1S/C14H20N2O3/c1-19-13-9-15-8-7-12(13)16(14(17)18)10-11-5-3-2-4-6-11/h2-6,12-13,15H,7-10H2,1H3,(H,17,18)/t12-,13+/m1/s1. The number of piperidine rings is 1. The molecular weight excluding hydrogens is 244 g/mol. The molecule has 0 aliphatic carbocycles. The third-order valence-electron chi connectivity index (χ3n) is 3.54. The molecule has 0 aromatic heterocycles. The molecule has 1 aliphatic heterocycles. The Kier molecular flexibility index (Phi) is 4.76. The lowest BCUT2D eigenvalue weighted by atomic mass is 10.0. The molecule has 0 spiro atoms. The van der Waals surface area contributed by atoms with Crippen LogP contribution in [-0.2, 0) is 11.3 Å². The molecule has 0 bridgehead atoms. The zero-order valence-electron chi connectivity index (χ0n) is 11.1. The Morgan fingerprint density at radius 2 is 2.21 bits per heavy atom. The summed E-state index contributed by atoms with van der Waals surface area (Å²) in [5.74, 6) is 0. The number of hydrogen-bond donors (Lipinski definition) is 2. The van der Waals surface area contributed by atoms with Crippen LogP contribution in [0.4, 0.5) is 4.79 Å². The van der Waals surface area contributed by atoms with E-state index in [1.165, 1.54) is 4.90 Å². The lowest BCUT2D eigenvalue weighted by Gasteiger charge is -2.38. The van der Waals surface area contributed by atoms with Crippen LogP contribution in [0.3, 0.4) is 0 Å². The molecule has 1 aromatic rings. The number of carbonyl (C=O) groups is 1. The molecule has 2 N–H and O–H groups in total. The van der Waals surface area contributed by atoms with Crippen LogP contribution in [0.25, 0.3) is 0 Å². The highest BCUT2D eigenvalue weighted by atomic mass is 16.5. The van der Waals surface area contributed by atoms with Gasteiger partial charge in [0.15, 0.2) is 0 Å². The number of benzene rings is 1. The van der Waals surface area contributed by atoms with Crippen molar-refractivity contribution in [3.63, 3.8) is 0 Å². The Hall–Kier alpha value is -1.59. The number of nitrogens with one attached hydrogen (secondary N) is 1. The van der Waals surface area contributed by atoms with Gasteiger partial charge in [0.2, 0.25) is 0 Å². The molecule has 0 saturated carbocycles. The molecule has 1 fully saturated rings. The van der Waals surface area contributed by atoms with E-state index < -0.39 is 6.09 Å². The zero-order valence-corrected chi connectivity index (χ0v) is 11.1. The fourth-order valence-corrected chi connectivity index (χ4v) is 2.52. The third kappa shape index (κ3) is 3.45. The van der Waals surface area contributed by atoms with Gasteiger partial charge in [-0.3, -0.25) is 4.90 Å². The van der Waals surface area contributed by atoms with Gasteiger partial charge in [-0.2, -0.15) is 0 Å². The van der Waals surface area contributed by atoms with E-state index in [4.69, 9.17) is 4.74 Å². The largest absolute Gasteiger partial charge is 0.465 e. The molecule has 5 nitrogen and oxygen atoms in total. The van der Waals surface area contributed by atoms with E-state index >= 15 is 0 Å². The molecule has 1 aliphatic rings. The van der Waals surface area contributed by atoms with Crippen LogP contribution < -0.4 is 5.32 Å². The lowest BCUT2D eigenvalue weighted by molar-refractivity contribution is -0.000126. The van der Waals surface area contributed by atoms with Crippen molar-refractivity contribution in [3.05, 3.63) is 35.9 Å². The van der Waals surface area contributed by atoms with Crippen molar-refractivity contribution >= 4 is 6.09 Å². The van der Waals surface area contributed by atoms with Crippen molar-refractivity contribution < 1.29 is 14.6 Å². The quantitative estimate of drug-likeness (QED) is 0.866. The van der Waals surface area contributed by atoms with Crippen molar-refractivity contribution in [1.82, 2.24) is 10.2 Å². The summed E-state index contributed by atoms with van der Waals surface area (Å²) in [4.78, 5) is 13.0. The number of ether oxygens (including phenoxy) is 1. The molecule has 2 rings (SSSR count). The maximum Gasteiger partial charge on any atom is 0.407 e. The fourth-order valence-electron chi connectivity index (χ4n) is 2.52. The predicted molar refractivity (Wildman–Crippen MR) is 72.1 cm³/mol. The number of amides is 1. The van der Waals surface area contributed by atoms with Gasteiger partial charge < -0.3 is 15.2 Å². The van der Waals surface area contributed by atoms with Crippen LogP contribution in [0.2, 0.25) is 0 Å². The van der Waals surface area contributed by atoms with E-state index in [2.05, 4.69) is 5.32 Å². The average molecular weight is 264 g/mol. The van der Waals surface area contributed by atoms with Crippen molar-refractivity contribution in [3.8, 4) is 0 Å². The minimum absolute atomic E-state index is 0.0893. The zero-order chi connectivity index (χ0) is 13.7. The van der Waals surface area contributed by atoms with Crippen LogP contribution in [0.5, 0.6) is 0 Å². The summed E-state index contributed by atoms with van der Waals surface area (Å²) in [5.41, 5.74) is 0.998. The number of carboxylic acid groups (broad SMARTS) is 1. The molecule has 1 saturated heterocycles. The van der Waals surface area contributed by atoms with E-state index in [9.17, 15) is 9.90 Å². The first-order valence-corrected chi connectivity index (χ1v) is 6.49. The van der Waals surface area contributed by atoms with Gasteiger partial charge in [0, 0.05) is 20.2 Å². The van der Waals surface area contributed by atoms with Gasteiger partial charge in [0.05, 0.1) is 12.1 Å². The average Bonchev–Trinajstić information content (AvgIpc) is 2.45. The third-order valence-corrected chi connectivity index (χ3v) is 3.54.